The SMILES string of the molecule is CC1(C)COCCS1(=O)=O. The minimum atomic E-state index is -2.89. The third kappa shape index (κ3) is 1.18. The molecule has 0 N–H and O–H groups in total. The second-order valence-electron chi connectivity index (χ2n) is 3.13. The van der Waals surface area contributed by atoms with Gasteiger partial charge in [-0.05, 0) is 13.8 Å². The van der Waals surface area contributed by atoms with E-state index in [1.54, 1.807) is 13.8 Å². The Morgan fingerprint density at radius 3 is 2.30 bits per heavy atom. The van der Waals surface area contributed by atoms with Gasteiger partial charge in [0.05, 0.1) is 23.7 Å². The first-order chi connectivity index (χ1) is 4.46. The summed E-state index contributed by atoms with van der Waals surface area (Å²) in [5.74, 6) is 0.167. The average Bonchev–Trinajstić information content (AvgIpc) is 1.77. The maximum Gasteiger partial charge on any atom is 0.159 e. The molecule has 0 atom stereocenters. The minimum absolute atomic E-state index is 0.167. The fourth-order valence-corrected chi connectivity index (χ4v) is 2.01. The van der Waals surface area contributed by atoms with Crippen molar-refractivity contribution < 1.29 is 13.2 Å². The first-order valence-electron chi connectivity index (χ1n) is 3.26. The Labute approximate surface area is 61.3 Å². The van der Waals surface area contributed by atoms with Gasteiger partial charge in [-0.25, -0.2) is 8.42 Å². The molecule has 0 bridgehead atoms. The van der Waals surface area contributed by atoms with E-state index < -0.39 is 14.6 Å². The first kappa shape index (κ1) is 8.01. The Morgan fingerprint density at radius 2 is 2.00 bits per heavy atom. The quantitative estimate of drug-likeness (QED) is 0.514. The Kier molecular flexibility index (Phi) is 1.76. The largest absolute Gasteiger partial charge is 0.379 e. The van der Waals surface area contributed by atoms with E-state index in [9.17, 15) is 8.42 Å². The van der Waals surface area contributed by atoms with E-state index in [0.717, 1.165) is 0 Å². The van der Waals surface area contributed by atoms with Gasteiger partial charge in [0.2, 0.25) is 0 Å². The lowest BCUT2D eigenvalue weighted by Crippen LogP contribution is -2.44. The molecule has 0 spiro atoms. The highest BCUT2D eigenvalue weighted by Gasteiger charge is 2.37. The van der Waals surface area contributed by atoms with Crippen LogP contribution in [-0.4, -0.2) is 32.1 Å². The van der Waals surface area contributed by atoms with Gasteiger partial charge in [-0.1, -0.05) is 0 Å². The highest BCUT2D eigenvalue weighted by atomic mass is 32.2. The summed E-state index contributed by atoms with van der Waals surface area (Å²) < 4.78 is 26.8. The van der Waals surface area contributed by atoms with Crippen LogP contribution in [-0.2, 0) is 14.6 Å². The van der Waals surface area contributed by atoms with Crippen LogP contribution in [0.1, 0.15) is 13.8 Å². The third-order valence-electron chi connectivity index (χ3n) is 1.79. The molecular weight excluding hydrogens is 152 g/mol. The molecule has 0 aromatic heterocycles. The third-order valence-corrected chi connectivity index (χ3v) is 4.29. The molecule has 0 aromatic rings. The predicted molar refractivity (Wildman–Crippen MR) is 38.7 cm³/mol. The predicted octanol–water partition coefficient (Wildman–Crippen LogP) is 0.210. The lowest BCUT2D eigenvalue weighted by Gasteiger charge is -2.28. The molecule has 1 aliphatic heterocycles. The lowest BCUT2D eigenvalue weighted by molar-refractivity contribution is 0.118. The highest BCUT2D eigenvalue weighted by molar-refractivity contribution is 7.92. The Balaban J connectivity index is 2.92. The van der Waals surface area contributed by atoms with Crippen LogP contribution < -0.4 is 0 Å². The summed E-state index contributed by atoms with van der Waals surface area (Å²) in [6.45, 7) is 4.07. The van der Waals surface area contributed by atoms with E-state index in [1.165, 1.54) is 0 Å². The van der Waals surface area contributed by atoms with Crippen LogP contribution in [0, 0.1) is 0 Å². The Bertz CT molecular complexity index is 215. The maximum absolute atomic E-state index is 11.2. The fraction of sp³-hybridized carbons (Fsp3) is 1.00. The number of rotatable bonds is 0. The number of sulfone groups is 1. The fourth-order valence-electron chi connectivity index (χ4n) is 0.853. The molecule has 1 aliphatic rings. The van der Waals surface area contributed by atoms with Crippen LogP contribution in [0.2, 0.25) is 0 Å². The highest BCUT2D eigenvalue weighted by Crippen LogP contribution is 2.21. The second-order valence-corrected chi connectivity index (χ2v) is 5.87. The molecule has 4 heteroatoms. The van der Waals surface area contributed by atoms with Gasteiger partial charge in [0.25, 0.3) is 0 Å². The average molecular weight is 164 g/mol. The van der Waals surface area contributed by atoms with Crippen LogP contribution in [0.5, 0.6) is 0 Å². The molecule has 0 aromatic carbocycles. The van der Waals surface area contributed by atoms with E-state index in [0.29, 0.717) is 13.2 Å². The number of hydrogen-bond donors (Lipinski definition) is 0. The molecular formula is C6H12O3S. The van der Waals surface area contributed by atoms with Crippen molar-refractivity contribution in [1.29, 1.82) is 0 Å². The van der Waals surface area contributed by atoms with Crippen molar-refractivity contribution in [1.82, 2.24) is 0 Å². The summed E-state index contributed by atoms with van der Waals surface area (Å²) in [5, 5.41) is 0. The van der Waals surface area contributed by atoms with Crippen LogP contribution >= 0.6 is 0 Å². The van der Waals surface area contributed by atoms with Crippen molar-refractivity contribution in [2.75, 3.05) is 19.0 Å². The first-order valence-corrected chi connectivity index (χ1v) is 4.91. The van der Waals surface area contributed by atoms with Crippen LogP contribution in [0.3, 0.4) is 0 Å². The molecule has 10 heavy (non-hydrogen) atoms. The zero-order chi connectivity index (χ0) is 7.83. The molecule has 1 heterocycles. The van der Waals surface area contributed by atoms with Crippen molar-refractivity contribution in [3.8, 4) is 0 Å². The van der Waals surface area contributed by atoms with Gasteiger partial charge < -0.3 is 4.74 Å². The summed E-state index contributed by atoms with van der Waals surface area (Å²) in [6, 6.07) is 0. The minimum Gasteiger partial charge on any atom is -0.379 e. The monoisotopic (exact) mass is 164 g/mol. The van der Waals surface area contributed by atoms with Gasteiger partial charge in [-0.3, -0.25) is 0 Å². The van der Waals surface area contributed by atoms with Crippen LogP contribution in [0.15, 0.2) is 0 Å². The van der Waals surface area contributed by atoms with E-state index in [1.807, 2.05) is 0 Å². The molecule has 0 unspecified atom stereocenters. The Hall–Kier alpha value is -0.0900. The lowest BCUT2D eigenvalue weighted by atomic mass is 10.2. The maximum atomic E-state index is 11.2. The summed E-state index contributed by atoms with van der Waals surface area (Å²) >= 11 is 0. The van der Waals surface area contributed by atoms with Crippen molar-refractivity contribution in [3.05, 3.63) is 0 Å². The molecule has 1 rings (SSSR count). The number of ether oxygens (including phenoxy) is 1. The summed E-state index contributed by atoms with van der Waals surface area (Å²) in [7, 11) is -2.89. The van der Waals surface area contributed by atoms with Gasteiger partial charge in [0.1, 0.15) is 0 Å². The molecule has 3 nitrogen and oxygen atoms in total. The van der Waals surface area contributed by atoms with E-state index >= 15 is 0 Å². The van der Waals surface area contributed by atoms with E-state index in [-0.39, 0.29) is 5.75 Å². The standard InChI is InChI=1S/C6H12O3S/c1-6(2)5-9-3-4-10(6,7)8/h3-5H2,1-2H3. The normalized spacial score (nSPS) is 29.8. The molecule has 0 radical (unpaired) electrons. The molecule has 1 saturated heterocycles. The topological polar surface area (TPSA) is 43.4 Å². The van der Waals surface area contributed by atoms with Crippen molar-refractivity contribution in [2.24, 2.45) is 0 Å². The van der Waals surface area contributed by atoms with E-state index in [2.05, 4.69) is 0 Å². The van der Waals surface area contributed by atoms with Crippen LogP contribution in [0.25, 0.3) is 0 Å². The van der Waals surface area contributed by atoms with Crippen molar-refractivity contribution in [3.63, 3.8) is 0 Å². The van der Waals surface area contributed by atoms with Gasteiger partial charge in [0, 0.05) is 0 Å². The van der Waals surface area contributed by atoms with E-state index in [4.69, 9.17) is 4.74 Å². The van der Waals surface area contributed by atoms with Gasteiger partial charge in [-0.2, -0.15) is 0 Å². The summed E-state index contributed by atoms with van der Waals surface area (Å²) in [6.07, 6.45) is 0. The zero-order valence-corrected chi connectivity index (χ0v) is 7.07. The summed E-state index contributed by atoms with van der Waals surface area (Å²) in [5.41, 5.74) is 0. The Morgan fingerprint density at radius 1 is 1.40 bits per heavy atom. The number of hydrogen-bond acceptors (Lipinski definition) is 3. The summed E-state index contributed by atoms with van der Waals surface area (Å²) in [4.78, 5) is 0. The van der Waals surface area contributed by atoms with Gasteiger partial charge in [0.15, 0.2) is 9.84 Å². The van der Waals surface area contributed by atoms with Gasteiger partial charge in [-0.15, -0.1) is 0 Å². The van der Waals surface area contributed by atoms with Gasteiger partial charge >= 0.3 is 0 Å². The molecule has 0 amide bonds. The molecule has 0 aliphatic carbocycles. The van der Waals surface area contributed by atoms with Crippen molar-refractivity contribution in [2.45, 2.75) is 18.6 Å². The second kappa shape index (κ2) is 2.20. The van der Waals surface area contributed by atoms with Crippen molar-refractivity contribution >= 4 is 9.84 Å². The zero-order valence-electron chi connectivity index (χ0n) is 6.25. The smallest absolute Gasteiger partial charge is 0.159 e. The molecule has 0 saturated carbocycles. The molecule has 1 fully saturated rings. The molecule has 60 valence electrons. The van der Waals surface area contributed by atoms with Crippen LogP contribution in [0.4, 0.5) is 0 Å².